The van der Waals surface area contributed by atoms with Gasteiger partial charge in [-0.1, -0.05) is 43.7 Å². The molecule has 2 N–H and O–H groups in total. The molecule has 2 aliphatic heterocycles. The molecule has 4 rings (SSSR count). The van der Waals surface area contributed by atoms with Gasteiger partial charge in [0.25, 0.3) is 0 Å². The first-order chi connectivity index (χ1) is 15.2. The van der Waals surface area contributed by atoms with Crippen LogP contribution in [0, 0.1) is 6.92 Å². The van der Waals surface area contributed by atoms with Crippen molar-refractivity contribution in [1.82, 2.24) is 0 Å². The standard InChI is InChI=1S/C29H38N3/c1-8-31-24-15-13-20(3)17-22(24)28(4,5)26(31)11-10-12-27-29(6,7)23-18-21(19-30)14-16-25(23)32(27)9-2/h10-18H,8-9,19,30H2,1-7H3/q+1. The lowest BCUT2D eigenvalue weighted by Gasteiger charge is -2.25. The van der Waals surface area contributed by atoms with Gasteiger partial charge in [0.2, 0.25) is 5.69 Å². The lowest BCUT2D eigenvalue weighted by atomic mass is 9.80. The molecule has 0 atom stereocenters. The maximum Gasteiger partial charge on any atom is 0.209 e. The summed E-state index contributed by atoms with van der Waals surface area (Å²) in [5, 5.41) is 0. The van der Waals surface area contributed by atoms with Crippen LogP contribution in [0.15, 0.2) is 60.3 Å². The highest BCUT2D eigenvalue weighted by atomic mass is 15.2. The molecule has 0 amide bonds. The summed E-state index contributed by atoms with van der Waals surface area (Å²) in [6.07, 6.45) is 6.90. The minimum atomic E-state index is -0.0543. The minimum Gasteiger partial charge on any atom is -0.344 e. The zero-order chi connectivity index (χ0) is 23.3. The smallest absolute Gasteiger partial charge is 0.209 e. The van der Waals surface area contributed by atoms with Crippen LogP contribution < -0.4 is 10.6 Å². The van der Waals surface area contributed by atoms with Crippen molar-refractivity contribution in [3.8, 4) is 0 Å². The Balaban J connectivity index is 1.74. The fourth-order valence-electron chi connectivity index (χ4n) is 5.55. The molecule has 0 aromatic heterocycles. The second-order valence-corrected chi connectivity index (χ2v) is 10.1. The monoisotopic (exact) mass is 428 g/mol. The minimum absolute atomic E-state index is 0.0129. The van der Waals surface area contributed by atoms with E-state index in [1.165, 1.54) is 45.0 Å². The van der Waals surface area contributed by atoms with E-state index in [2.05, 4.69) is 113 Å². The molecule has 32 heavy (non-hydrogen) atoms. The van der Waals surface area contributed by atoms with Crippen molar-refractivity contribution in [2.75, 3.05) is 18.0 Å². The van der Waals surface area contributed by atoms with Crippen LogP contribution in [-0.2, 0) is 17.4 Å². The predicted molar refractivity (Wildman–Crippen MR) is 137 cm³/mol. The van der Waals surface area contributed by atoms with Gasteiger partial charge in [-0.15, -0.1) is 0 Å². The third-order valence-electron chi connectivity index (χ3n) is 7.38. The van der Waals surface area contributed by atoms with Gasteiger partial charge in [0.15, 0.2) is 5.71 Å². The number of allylic oxidation sites excluding steroid dienone is 4. The number of benzene rings is 2. The van der Waals surface area contributed by atoms with E-state index in [9.17, 15) is 0 Å². The van der Waals surface area contributed by atoms with Gasteiger partial charge in [-0.2, -0.15) is 4.58 Å². The molecule has 3 nitrogen and oxygen atoms in total. The Morgan fingerprint density at radius 3 is 2.38 bits per heavy atom. The van der Waals surface area contributed by atoms with Crippen LogP contribution >= 0.6 is 0 Å². The normalized spacial score (nSPS) is 19.9. The van der Waals surface area contributed by atoms with Gasteiger partial charge in [-0.05, 0) is 64.0 Å². The molecule has 0 saturated carbocycles. The fourth-order valence-corrected chi connectivity index (χ4v) is 5.55. The van der Waals surface area contributed by atoms with Gasteiger partial charge >= 0.3 is 0 Å². The van der Waals surface area contributed by atoms with Gasteiger partial charge in [0, 0.05) is 47.6 Å². The van der Waals surface area contributed by atoms with Gasteiger partial charge < -0.3 is 10.6 Å². The Morgan fingerprint density at radius 1 is 0.969 bits per heavy atom. The van der Waals surface area contributed by atoms with Gasteiger partial charge in [0.05, 0.1) is 5.41 Å². The lowest BCUT2D eigenvalue weighted by molar-refractivity contribution is -0.433. The average molecular weight is 429 g/mol. The largest absolute Gasteiger partial charge is 0.344 e. The molecule has 2 aromatic rings. The molecule has 168 valence electrons. The van der Waals surface area contributed by atoms with E-state index < -0.39 is 0 Å². The first-order valence-corrected chi connectivity index (χ1v) is 11.9. The number of likely N-dealkylation sites (N-methyl/N-ethyl adjacent to an activating group) is 1. The van der Waals surface area contributed by atoms with Crippen LogP contribution in [0.4, 0.5) is 11.4 Å². The first-order valence-electron chi connectivity index (χ1n) is 11.9. The second kappa shape index (κ2) is 8.04. The summed E-state index contributed by atoms with van der Waals surface area (Å²) < 4.78 is 2.44. The predicted octanol–water partition coefficient (Wildman–Crippen LogP) is 6.11. The van der Waals surface area contributed by atoms with Crippen LogP contribution in [0.1, 0.15) is 63.8 Å². The summed E-state index contributed by atoms with van der Waals surface area (Å²) in [4.78, 5) is 2.46. The SMILES string of the molecule is CCN1/C(=C/C=CC2=[N+](CC)c3ccc(CN)cc3C2(C)C)C(C)(C)c2cc(C)ccc21. The average Bonchev–Trinajstić information content (AvgIpc) is 3.11. The van der Waals surface area contributed by atoms with E-state index in [0.717, 1.165) is 13.1 Å². The van der Waals surface area contributed by atoms with Crippen LogP contribution in [-0.4, -0.2) is 23.4 Å². The van der Waals surface area contributed by atoms with Crippen LogP contribution in [0.3, 0.4) is 0 Å². The molecule has 0 radical (unpaired) electrons. The molecule has 0 spiro atoms. The quantitative estimate of drug-likeness (QED) is 0.583. The third-order valence-corrected chi connectivity index (χ3v) is 7.38. The number of hydrogen-bond donors (Lipinski definition) is 1. The van der Waals surface area contributed by atoms with Gasteiger partial charge in [-0.25, -0.2) is 0 Å². The lowest BCUT2D eigenvalue weighted by Crippen LogP contribution is -2.28. The van der Waals surface area contributed by atoms with E-state index in [4.69, 9.17) is 5.73 Å². The Morgan fingerprint density at radius 2 is 1.72 bits per heavy atom. The molecule has 2 heterocycles. The molecule has 0 fully saturated rings. The zero-order valence-electron chi connectivity index (χ0n) is 20.8. The topological polar surface area (TPSA) is 32.3 Å². The highest BCUT2D eigenvalue weighted by Crippen LogP contribution is 2.48. The first kappa shape index (κ1) is 22.5. The molecule has 0 bridgehead atoms. The number of rotatable bonds is 5. The number of nitrogens with two attached hydrogens (primary N) is 1. The number of nitrogens with zero attached hydrogens (tertiary/aromatic N) is 2. The second-order valence-electron chi connectivity index (χ2n) is 10.1. The van der Waals surface area contributed by atoms with Crippen molar-refractivity contribution in [1.29, 1.82) is 0 Å². The Kier molecular flexibility index (Phi) is 5.67. The maximum atomic E-state index is 5.93. The summed E-state index contributed by atoms with van der Waals surface area (Å²) in [6.45, 7) is 18.5. The van der Waals surface area contributed by atoms with E-state index in [1.54, 1.807) is 0 Å². The van der Waals surface area contributed by atoms with Crippen molar-refractivity contribution >= 4 is 17.1 Å². The highest BCUT2D eigenvalue weighted by molar-refractivity contribution is 6.03. The molecule has 0 saturated heterocycles. The number of fused-ring (bicyclic) bond motifs is 2. The molecule has 3 heteroatoms. The Bertz CT molecular complexity index is 1140. The maximum absolute atomic E-state index is 5.93. The molecule has 0 aliphatic carbocycles. The molecular weight excluding hydrogens is 390 g/mol. The van der Waals surface area contributed by atoms with Gasteiger partial charge in [-0.3, -0.25) is 0 Å². The van der Waals surface area contributed by atoms with Crippen molar-refractivity contribution in [3.05, 3.63) is 82.6 Å². The number of hydrogen-bond acceptors (Lipinski definition) is 2. The number of aryl methyl sites for hydroxylation is 1. The van der Waals surface area contributed by atoms with Crippen molar-refractivity contribution in [2.24, 2.45) is 5.73 Å². The van der Waals surface area contributed by atoms with Crippen LogP contribution in [0.25, 0.3) is 0 Å². The summed E-state index contributed by atoms with van der Waals surface area (Å²) >= 11 is 0. The number of anilines is 1. The zero-order valence-corrected chi connectivity index (χ0v) is 20.8. The summed E-state index contributed by atoms with van der Waals surface area (Å²) in [5.41, 5.74) is 16.5. The van der Waals surface area contributed by atoms with E-state index in [-0.39, 0.29) is 10.8 Å². The summed E-state index contributed by atoms with van der Waals surface area (Å²) in [5.74, 6) is 0. The fraction of sp³-hybridized carbons (Fsp3) is 0.414. The van der Waals surface area contributed by atoms with Crippen molar-refractivity contribution < 1.29 is 4.58 Å². The molecular formula is C29H38N3+. The van der Waals surface area contributed by atoms with E-state index in [0.29, 0.717) is 6.54 Å². The third kappa shape index (κ3) is 3.34. The molecule has 0 unspecified atom stereocenters. The van der Waals surface area contributed by atoms with Gasteiger partial charge in [0.1, 0.15) is 6.54 Å². The van der Waals surface area contributed by atoms with Crippen molar-refractivity contribution in [2.45, 2.75) is 65.8 Å². The van der Waals surface area contributed by atoms with Crippen molar-refractivity contribution in [3.63, 3.8) is 0 Å². The highest BCUT2D eigenvalue weighted by Gasteiger charge is 2.44. The molecule has 2 aromatic carbocycles. The summed E-state index contributed by atoms with van der Waals surface area (Å²) in [7, 11) is 0. The van der Waals surface area contributed by atoms with Crippen LogP contribution in [0.5, 0.6) is 0 Å². The Hall–Kier alpha value is -2.65. The van der Waals surface area contributed by atoms with E-state index in [1.807, 2.05) is 0 Å². The van der Waals surface area contributed by atoms with Crippen LogP contribution in [0.2, 0.25) is 0 Å². The Labute approximate surface area is 194 Å². The summed E-state index contributed by atoms with van der Waals surface area (Å²) in [6, 6.07) is 13.5. The van der Waals surface area contributed by atoms with E-state index >= 15 is 0 Å². The molecule has 2 aliphatic rings.